The van der Waals surface area contributed by atoms with Crippen LogP contribution < -0.4 is 5.32 Å². The Balaban J connectivity index is 0.000000209. The molecule has 0 saturated carbocycles. The maximum Gasteiger partial charge on any atom is 0.410 e. The van der Waals surface area contributed by atoms with Gasteiger partial charge >= 0.3 is 6.09 Å². The average molecular weight is 735 g/mol. The molecule has 278 valence electrons. The van der Waals surface area contributed by atoms with Gasteiger partial charge in [-0.25, -0.2) is 4.79 Å². The van der Waals surface area contributed by atoms with E-state index in [1.165, 1.54) is 48.3 Å². The van der Waals surface area contributed by atoms with Crippen LogP contribution in [-0.4, -0.2) is 85.0 Å². The molecule has 7 rings (SSSR count). The second-order valence-electron chi connectivity index (χ2n) is 14.2. The molecule has 0 radical (unpaired) electrons. The van der Waals surface area contributed by atoms with Gasteiger partial charge in [-0.3, -0.25) is 9.59 Å². The second kappa shape index (κ2) is 20.1. The lowest BCUT2D eigenvalue weighted by Crippen LogP contribution is -2.38. The lowest BCUT2D eigenvalue weighted by atomic mass is 9.95. The van der Waals surface area contributed by atoms with Gasteiger partial charge in [0.15, 0.2) is 0 Å². The molecule has 10 heteroatoms. The smallest absolute Gasteiger partial charge is 0.410 e. The molecule has 4 aliphatic heterocycles. The molecule has 0 spiro atoms. The normalized spacial score (nSPS) is 19.2. The number of likely N-dealkylation sites (tertiary alicyclic amines) is 3. The fourth-order valence-electron chi connectivity index (χ4n) is 7.53. The van der Waals surface area contributed by atoms with Crippen LogP contribution in [0.5, 0.6) is 0 Å². The third-order valence-electron chi connectivity index (χ3n) is 10.6. The highest BCUT2D eigenvalue weighted by Gasteiger charge is 2.27. The maximum atomic E-state index is 12.8. The van der Waals surface area contributed by atoms with Gasteiger partial charge in [-0.05, 0) is 94.0 Å². The number of thiophene rings is 2. The summed E-state index contributed by atoms with van der Waals surface area (Å²) in [5, 5.41) is 7.49. The van der Waals surface area contributed by atoms with E-state index in [9.17, 15) is 14.4 Å². The van der Waals surface area contributed by atoms with Crippen molar-refractivity contribution in [2.24, 2.45) is 0 Å². The number of hydrogen-bond donors (Lipinski definition) is 1. The van der Waals surface area contributed by atoms with Gasteiger partial charge in [0, 0.05) is 59.8 Å². The summed E-state index contributed by atoms with van der Waals surface area (Å²) < 4.78 is 5.46. The molecule has 0 atom stereocenters. The van der Waals surface area contributed by atoms with E-state index in [-0.39, 0.29) is 25.3 Å². The Kier molecular flexibility index (Phi) is 15.4. The van der Waals surface area contributed by atoms with Gasteiger partial charge in [-0.1, -0.05) is 63.4 Å². The van der Waals surface area contributed by atoms with E-state index in [0.717, 1.165) is 94.5 Å². The molecule has 3 aromatic rings. The first-order valence-corrected chi connectivity index (χ1v) is 20.7. The Labute approximate surface area is 313 Å². The highest BCUT2D eigenvalue weighted by atomic mass is 32.1. The number of ether oxygens (including phenoxy) is 1. The molecule has 0 bridgehead atoms. The molecule has 0 aliphatic carbocycles. The fourth-order valence-corrected chi connectivity index (χ4v) is 9.64. The molecule has 4 aliphatic rings. The Bertz CT molecular complexity index is 1490. The lowest BCUT2D eigenvalue weighted by molar-refractivity contribution is 0.0754. The first-order chi connectivity index (χ1) is 24.5. The van der Waals surface area contributed by atoms with Crippen LogP contribution in [0.2, 0.25) is 0 Å². The van der Waals surface area contributed by atoms with Gasteiger partial charge in [-0.2, -0.15) is 0 Å². The molecule has 3 amide bonds. The Hall–Kier alpha value is -3.21. The van der Waals surface area contributed by atoms with Crippen LogP contribution in [0.25, 0.3) is 0 Å². The molecular weight excluding hydrogens is 677 g/mol. The predicted octanol–water partition coefficient (Wildman–Crippen LogP) is 9.15. The maximum absolute atomic E-state index is 12.8. The van der Waals surface area contributed by atoms with Crippen molar-refractivity contribution in [1.29, 1.82) is 0 Å². The molecule has 4 saturated heterocycles. The number of amides is 3. The molecule has 0 unspecified atom stereocenters. The number of hydrogen-bond acceptors (Lipinski definition) is 7. The van der Waals surface area contributed by atoms with Crippen molar-refractivity contribution >= 4 is 40.6 Å². The fraction of sp³-hybridized carbons (Fsp3) is 0.585. The van der Waals surface area contributed by atoms with Crippen LogP contribution in [0, 0.1) is 0 Å². The standard InChI is InChI=1S/C24H30N2O3S.C16H24N2OS.CH4/c27-23(25-12-6-1-2-7-13-25)21-16-22(30-18-21)20-10-14-26(15-11-20)24(28)29-17-19-8-4-3-5-9-19;19-16(18-9-3-1-2-4-10-18)14-11-15(20-12-14)13-5-7-17-8-6-13;/h3-5,8-9,16,18,20H,1-2,6-7,10-15,17H2;11-13,17H,1-10H2;1H4. The number of carbonyl (C=O) groups excluding carboxylic acids is 3. The van der Waals surface area contributed by atoms with Crippen molar-refractivity contribution in [3.05, 3.63) is 79.7 Å². The minimum atomic E-state index is -0.236. The molecule has 8 nitrogen and oxygen atoms in total. The van der Waals surface area contributed by atoms with Crippen molar-refractivity contribution in [1.82, 2.24) is 20.0 Å². The van der Waals surface area contributed by atoms with Crippen LogP contribution in [0.3, 0.4) is 0 Å². The van der Waals surface area contributed by atoms with E-state index < -0.39 is 0 Å². The summed E-state index contributed by atoms with van der Waals surface area (Å²) in [7, 11) is 0. The average Bonchev–Trinajstić information content (AvgIpc) is 3.69. The number of rotatable bonds is 6. The van der Waals surface area contributed by atoms with Gasteiger partial charge in [-0.15, -0.1) is 22.7 Å². The molecule has 51 heavy (non-hydrogen) atoms. The summed E-state index contributed by atoms with van der Waals surface area (Å²) in [5.41, 5.74) is 2.76. The molecule has 2 aromatic heterocycles. The highest BCUT2D eigenvalue weighted by Crippen LogP contribution is 2.34. The zero-order valence-corrected chi connectivity index (χ0v) is 31.1. The summed E-state index contributed by atoms with van der Waals surface area (Å²) in [5.74, 6) is 1.51. The molecular formula is C41H58N4O4S2. The molecule has 6 heterocycles. The summed E-state index contributed by atoms with van der Waals surface area (Å²) in [6.45, 7) is 7.58. The van der Waals surface area contributed by atoms with Crippen molar-refractivity contribution in [3.63, 3.8) is 0 Å². The lowest BCUT2D eigenvalue weighted by Gasteiger charge is -2.30. The van der Waals surface area contributed by atoms with Crippen LogP contribution in [0.4, 0.5) is 4.79 Å². The number of nitrogens with zero attached hydrogens (tertiary/aromatic N) is 3. The molecule has 4 fully saturated rings. The van der Waals surface area contributed by atoms with Crippen molar-refractivity contribution in [2.45, 2.75) is 103 Å². The molecule has 1 aromatic carbocycles. The largest absolute Gasteiger partial charge is 0.445 e. The quantitative estimate of drug-likeness (QED) is 0.273. The summed E-state index contributed by atoms with van der Waals surface area (Å²) >= 11 is 3.47. The zero-order chi connectivity index (χ0) is 34.5. The first kappa shape index (κ1) is 39.0. The SMILES string of the molecule is C.O=C(OCc1ccccc1)N1CCC(c2cc(C(=O)N3CCCCCC3)cs2)CC1.O=C(c1csc(C2CCNCC2)c1)N1CCCCCC1. The molecule has 1 N–H and O–H groups in total. The van der Waals surface area contributed by atoms with Gasteiger partial charge < -0.3 is 24.8 Å². The van der Waals surface area contributed by atoms with E-state index in [1.807, 2.05) is 40.6 Å². The van der Waals surface area contributed by atoms with Crippen molar-refractivity contribution in [2.75, 3.05) is 52.4 Å². The summed E-state index contributed by atoms with van der Waals surface area (Å²) in [6.07, 6.45) is 13.6. The zero-order valence-electron chi connectivity index (χ0n) is 29.5. The Morgan fingerprint density at radius 3 is 1.59 bits per heavy atom. The van der Waals surface area contributed by atoms with Gasteiger partial charge in [0.05, 0.1) is 11.1 Å². The van der Waals surface area contributed by atoms with Crippen LogP contribution in [-0.2, 0) is 11.3 Å². The van der Waals surface area contributed by atoms with Crippen LogP contribution >= 0.6 is 22.7 Å². The van der Waals surface area contributed by atoms with E-state index in [0.29, 0.717) is 31.5 Å². The third kappa shape index (κ3) is 11.1. The van der Waals surface area contributed by atoms with Crippen LogP contribution in [0.15, 0.2) is 53.2 Å². The number of nitrogens with one attached hydrogen (secondary N) is 1. The van der Waals surface area contributed by atoms with Crippen molar-refractivity contribution < 1.29 is 19.1 Å². The van der Waals surface area contributed by atoms with Crippen molar-refractivity contribution in [3.8, 4) is 0 Å². The highest BCUT2D eigenvalue weighted by molar-refractivity contribution is 7.10. The Morgan fingerprint density at radius 2 is 1.10 bits per heavy atom. The Morgan fingerprint density at radius 1 is 0.627 bits per heavy atom. The topological polar surface area (TPSA) is 82.2 Å². The summed E-state index contributed by atoms with van der Waals surface area (Å²) in [6, 6.07) is 14.0. The monoisotopic (exact) mass is 734 g/mol. The third-order valence-corrected chi connectivity index (χ3v) is 12.8. The number of carbonyl (C=O) groups is 3. The van der Waals surface area contributed by atoms with Gasteiger partial charge in [0.1, 0.15) is 6.61 Å². The number of benzene rings is 1. The van der Waals surface area contributed by atoms with E-state index in [2.05, 4.69) is 27.7 Å². The predicted molar refractivity (Wildman–Crippen MR) is 209 cm³/mol. The van der Waals surface area contributed by atoms with E-state index in [4.69, 9.17) is 4.74 Å². The van der Waals surface area contributed by atoms with Gasteiger partial charge in [0.25, 0.3) is 11.8 Å². The number of piperidine rings is 2. The van der Waals surface area contributed by atoms with Crippen LogP contribution in [0.1, 0.15) is 132 Å². The minimum absolute atomic E-state index is 0. The summed E-state index contributed by atoms with van der Waals surface area (Å²) in [4.78, 5) is 46.3. The second-order valence-corrected chi connectivity index (χ2v) is 16.1. The minimum Gasteiger partial charge on any atom is -0.445 e. The van der Waals surface area contributed by atoms with Gasteiger partial charge in [0.2, 0.25) is 0 Å². The van der Waals surface area contributed by atoms with E-state index in [1.54, 1.807) is 27.6 Å². The first-order valence-electron chi connectivity index (χ1n) is 19.0. The van der Waals surface area contributed by atoms with E-state index >= 15 is 0 Å².